The van der Waals surface area contributed by atoms with Gasteiger partial charge in [0, 0.05) is 23.9 Å². The second-order valence-electron chi connectivity index (χ2n) is 9.24. The zero-order valence-electron chi connectivity index (χ0n) is 19.6. The molecule has 1 atom stereocenters. The number of hydrogen-bond donors (Lipinski definition) is 0. The highest BCUT2D eigenvalue weighted by atomic mass is 79.9. The third-order valence-electron chi connectivity index (χ3n) is 6.91. The molecular formula is C27H39BrN2O. The van der Waals surface area contributed by atoms with Gasteiger partial charge in [0.15, 0.2) is 0 Å². The van der Waals surface area contributed by atoms with Gasteiger partial charge in [-0.15, -0.1) is 0 Å². The van der Waals surface area contributed by atoms with Gasteiger partial charge in [-0.05, 0) is 64.7 Å². The molecule has 0 amide bonds. The van der Waals surface area contributed by atoms with Crippen LogP contribution in [0.25, 0.3) is 11.1 Å². The molecule has 0 saturated heterocycles. The highest BCUT2D eigenvalue weighted by Gasteiger charge is 2.27. The van der Waals surface area contributed by atoms with Crippen molar-refractivity contribution in [2.24, 2.45) is 11.8 Å². The van der Waals surface area contributed by atoms with Gasteiger partial charge in [-0.2, -0.15) is 0 Å². The lowest BCUT2D eigenvalue weighted by Gasteiger charge is -2.31. The second kappa shape index (κ2) is 12.6. The van der Waals surface area contributed by atoms with Crippen molar-refractivity contribution in [1.29, 1.82) is 0 Å². The van der Waals surface area contributed by atoms with Gasteiger partial charge in [0.25, 0.3) is 0 Å². The van der Waals surface area contributed by atoms with E-state index in [2.05, 4.69) is 48.8 Å². The Morgan fingerprint density at radius 2 is 1.68 bits per heavy atom. The molecule has 170 valence electrons. The van der Waals surface area contributed by atoms with E-state index in [4.69, 9.17) is 14.7 Å². The maximum atomic E-state index is 5.84. The Hall–Kier alpha value is -1.42. The second-order valence-corrected chi connectivity index (χ2v) is 10.1. The molecule has 31 heavy (non-hydrogen) atoms. The Bertz CT molecular complexity index is 784. The predicted molar refractivity (Wildman–Crippen MR) is 134 cm³/mol. The van der Waals surface area contributed by atoms with Crippen molar-refractivity contribution in [1.82, 2.24) is 9.97 Å². The summed E-state index contributed by atoms with van der Waals surface area (Å²) >= 11 is 3.64. The zero-order chi connectivity index (χ0) is 22.1. The molecule has 1 unspecified atom stereocenters. The number of unbranched alkanes of at least 4 members (excludes halogenated alkanes) is 3. The van der Waals surface area contributed by atoms with E-state index in [1.807, 2.05) is 18.5 Å². The van der Waals surface area contributed by atoms with Gasteiger partial charge >= 0.3 is 0 Å². The minimum atomic E-state index is 0.437. The number of nitrogens with zero attached hydrogens (tertiary/aromatic N) is 2. The van der Waals surface area contributed by atoms with Crippen molar-refractivity contribution in [2.75, 3.05) is 6.61 Å². The quantitative estimate of drug-likeness (QED) is 0.298. The molecule has 1 saturated carbocycles. The Labute approximate surface area is 197 Å². The topological polar surface area (TPSA) is 35.0 Å². The van der Waals surface area contributed by atoms with Crippen LogP contribution in [0.4, 0.5) is 0 Å². The van der Waals surface area contributed by atoms with E-state index in [1.165, 1.54) is 51.4 Å². The first-order valence-electron chi connectivity index (χ1n) is 12.4. The first kappa shape index (κ1) is 24.2. The van der Waals surface area contributed by atoms with Crippen LogP contribution in [0.3, 0.4) is 0 Å². The predicted octanol–water partition coefficient (Wildman–Crippen LogP) is 8.58. The van der Waals surface area contributed by atoms with E-state index in [-0.39, 0.29) is 0 Å². The minimum absolute atomic E-state index is 0.437. The van der Waals surface area contributed by atoms with E-state index in [1.54, 1.807) is 0 Å². The van der Waals surface area contributed by atoms with Crippen LogP contribution in [0.1, 0.15) is 96.7 Å². The van der Waals surface area contributed by atoms with E-state index < -0.39 is 0 Å². The summed E-state index contributed by atoms with van der Waals surface area (Å²) in [4.78, 5) is 9.53. The number of rotatable bonds is 11. The molecule has 1 aromatic heterocycles. The van der Waals surface area contributed by atoms with Gasteiger partial charge in [0.2, 0.25) is 0 Å². The van der Waals surface area contributed by atoms with Gasteiger partial charge in [0.1, 0.15) is 11.6 Å². The van der Waals surface area contributed by atoms with E-state index >= 15 is 0 Å². The summed E-state index contributed by atoms with van der Waals surface area (Å²) in [5.41, 5.74) is 2.16. The number of aromatic nitrogens is 2. The smallest absolute Gasteiger partial charge is 0.133 e. The summed E-state index contributed by atoms with van der Waals surface area (Å²) in [6.45, 7) is 7.54. The average Bonchev–Trinajstić information content (AvgIpc) is 2.80. The highest BCUT2D eigenvalue weighted by Crippen LogP contribution is 2.39. The molecule has 1 aromatic carbocycles. The van der Waals surface area contributed by atoms with Crippen molar-refractivity contribution in [3.8, 4) is 16.9 Å². The number of ether oxygens (including phenoxy) is 1. The summed E-state index contributed by atoms with van der Waals surface area (Å²) in [6.07, 6.45) is 17.2. The third-order valence-corrected chi connectivity index (χ3v) is 7.53. The first-order chi connectivity index (χ1) is 15.1. The standard InChI is InChI=1S/C27H39BrN2O/c1-4-6-8-9-21-10-12-22(13-11-21)20(3)27-29-18-24(19-30-27)23-14-15-26(25(28)17-23)31-16-7-5-2/h14-15,17-22H,4-13,16H2,1-3H3. The van der Waals surface area contributed by atoms with Crippen LogP contribution < -0.4 is 4.74 Å². The van der Waals surface area contributed by atoms with E-state index in [0.717, 1.165) is 58.5 Å². The molecule has 0 aliphatic heterocycles. The fourth-order valence-corrected chi connectivity index (χ4v) is 5.21. The molecule has 4 heteroatoms. The molecule has 1 heterocycles. The first-order valence-corrected chi connectivity index (χ1v) is 13.2. The van der Waals surface area contributed by atoms with Gasteiger partial charge in [-0.25, -0.2) is 9.97 Å². The van der Waals surface area contributed by atoms with E-state index in [9.17, 15) is 0 Å². The highest BCUT2D eigenvalue weighted by molar-refractivity contribution is 9.10. The molecule has 0 spiro atoms. The SMILES string of the molecule is CCCCCC1CCC(C(C)c2ncc(-c3ccc(OCCCC)c(Br)c3)cn2)CC1. The van der Waals surface area contributed by atoms with E-state index in [0.29, 0.717) is 5.92 Å². The third kappa shape index (κ3) is 7.03. The molecule has 1 aliphatic carbocycles. The largest absolute Gasteiger partial charge is 0.492 e. The summed E-state index contributed by atoms with van der Waals surface area (Å²) in [5, 5.41) is 0. The summed E-state index contributed by atoms with van der Waals surface area (Å²) in [7, 11) is 0. The number of halogens is 1. The lowest BCUT2D eigenvalue weighted by atomic mass is 9.74. The Kier molecular flexibility index (Phi) is 9.83. The normalized spacial score (nSPS) is 19.9. The lowest BCUT2D eigenvalue weighted by molar-refractivity contribution is 0.232. The van der Waals surface area contributed by atoms with Crippen molar-refractivity contribution in [3.63, 3.8) is 0 Å². The number of hydrogen-bond acceptors (Lipinski definition) is 3. The maximum Gasteiger partial charge on any atom is 0.133 e. The van der Waals surface area contributed by atoms with Crippen LogP contribution in [0.15, 0.2) is 35.1 Å². The molecule has 3 rings (SSSR count). The Balaban J connectivity index is 1.56. The van der Waals surface area contributed by atoms with Gasteiger partial charge in [-0.1, -0.05) is 71.8 Å². The minimum Gasteiger partial charge on any atom is -0.492 e. The van der Waals surface area contributed by atoms with Crippen LogP contribution >= 0.6 is 15.9 Å². The molecule has 2 aromatic rings. The summed E-state index contributed by atoms with van der Waals surface area (Å²) in [6, 6.07) is 6.22. The van der Waals surface area contributed by atoms with Crippen LogP contribution in [0, 0.1) is 11.8 Å². The van der Waals surface area contributed by atoms with Gasteiger partial charge in [0.05, 0.1) is 11.1 Å². The van der Waals surface area contributed by atoms with Crippen LogP contribution in [-0.2, 0) is 0 Å². The Morgan fingerprint density at radius 3 is 2.32 bits per heavy atom. The molecule has 0 N–H and O–H groups in total. The van der Waals surface area contributed by atoms with Crippen LogP contribution in [-0.4, -0.2) is 16.6 Å². The molecule has 0 bridgehead atoms. The summed E-state index contributed by atoms with van der Waals surface area (Å²) < 4.78 is 6.82. The number of benzene rings is 1. The molecule has 3 nitrogen and oxygen atoms in total. The maximum absolute atomic E-state index is 5.84. The van der Waals surface area contributed by atoms with Crippen molar-refractivity contribution in [2.45, 2.75) is 90.9 Å². The van der Waals surface area contributed by atoms with Gasteiger partial charge in [-0.3, -0.25) is 0 Å². The molecule has 0 radical (unpaired) electrons. The van der Waals surface area contributed by atoms with Crippen LogP contribution in [0.5, 0.6) is 5.75 Å². The summed E-state index contributed by atoms with van der Waals surface area (Å²) in [5.74, 6) is 4.00. The Morgan fingerprint density at radius 1 is 0.968 bits per heavy atom. The lowest BCUT2D eigenvalue weighted by Crippen LogP contribution is -2.20. The fourth-order valence-electron chi connectivity index (χ4n) is 4.72. The van der Waals surface area contributed by atoms with Gasteiger partial charge < -0.3 is 4.74 Å². The van der Waals surface area contributed by atoms with Crippen molar-refractivity contribution >= 4 is 15.9 Å². The molecule has 1 aliphatic rings. The zero-order valence-corrected chi connectivity index (χ0v) is 21.2. The average molecular weight is 488 g/mol. The van der Waals surface area contributed by atoms with Crippen molar-refractivity contribution in [3.05, 3.63) is 40.9 Å². The molecular weight excluding hydrogens is 448 g/mol. The van der Waals surface area contributed by atoms with Crippen LogP contribution in [0.2, 0.25) is 0 Å². The molecule has 1 fully saturated rings. The van der Waals surface area contributed by atoms with Crippen molar-refractivity contribution < 1.29 is 4.74 Å². The fraction of sp³-hybridized carbons (Fsp3) is 0.630. The monoisotopic (exact) mass is 486 g/mol.